The van der Waals surface area contributed by atoms with Gasteiger partial charge >= 0.3 is 0 Å². The van der Waals surface area contributed by atoms with Crippen LogP contribution in [0.4, 0.5) is 0 Å². The molecule has 0 aromatic heterocycles. The Kier molecular flexibility index (Phi) is 4.66. The maximum Gasteiger partial charge on any atom is 0.128 e. The predicted molar refractivity (Wildman–Crippen MR) is 82.8 cm³/mol. The summed E-state index contributed by atoms with van der Waals surface area (Å²) in [5.74, 6) is 1.23. The molecule has 1 atom stereocenters. The molecule has 0 saturated carbocycles. The van der Waals surface area contributed by atoms with E-state index in [1.54, 1.807) is 14.2 Å². The normalized spacial score (nSPS) is 12.0. The van der Waals surface area contributed by atoms with E-state index in [9.17, 15) is 5.11 Å². The highest BCUT2D eigenvalue weighted by molar-refractivity contribution is 14.1. The van der Waals surface area contributed by atoms with Crippen LogP contribution >= 0.6 is 22.6 Å². The first kappa shape index (κ1) is 14.1. The maximum absolute atomic E-state index is 10.6. The van der Waals surface area contributed by atoms with Gasteiger partial charge in [0.1, 0.15) is 17.6 Å². The van der Waals surface area contributed by atoms with Crippen molar-refractivity contribution in [2.45, 2.75) is 6.10 Å². The Morgan fingerprint density at radius 1 is 1.00 bits per heavy atom. The van der Waals surface area contributed by atoms with Gasteiger partial charge in [-0.25, -0.2) is 0 Å². The molecule has 0 spiro atoms. The molecule has 3 nitrogen and oxygen atoms in total. The number of methoxy groups -OCH3 is 2. The zero-order valence-electron chi connectivity index (χ0n) is 10.8. The van der Waals surface area contributed by atoms with Crippen molar-refractivity contribution < 1.29 is 14.6 Å². The molecule has 0 amide bonds. The third-order valence-corrected chi connectivity index (χ3v) is 3.57. The molecule has 0 bridgehead atoms. The van der Waals surface area contributed by atoms with Gasteiger partial charge in [-0.3, -0.25) is 0 Å². The van der Waals surface area contributed by atoms with E-state index in [0.29, 0.717) is 17.1 Å². The molecular formula is C15H15IO3. The topological polar surface area (TPSA) is 38.7 Å². The molecule has 4 heteroatoms. The smallest absolute Gasteiger partial charge is 0.128 e. The van der Waals surface area contributed by atoms with Crippen LogP contribution < -0.4 is 9.47 Å². The van der Waals surface area contributed by atoms with Crippen molar-refractivity contribution in [3.05, 3.63) is 57.2 Å². The molecule has 2 aromatic carbocycles. The molecule has 19 heavy (non-hydrogen) atoms. The maximum atomic E-state index is 10.6. The molecule has 0 heterocycles. The first-order valence-corrected chi connectivity index (χ1v) is 6.89. The second-order valence-corrected chi connectivity index (χ2v) is 5.28. The van der Waals surface area contributed by atoms with Gasteiger partial charge in [-0.05, 0) is 52.4 Å². The van der Waals surface area contributed by atoms with Crippen molar-refractivity contribution in [3.8, 4) is 11.5 Å². The first-order chi connectivity index (χ1) is 9.17. The summed E-state index contributed by atoms with van der Waals surface area (Å²) in [6, 6.07) is 13.2. The number of aliphatic hydroxyl groups excluding tert-OH is 1. The van der Waals surface area contributed by atoms with E-state index in [1.165, 1.54) is 0 Å². The van der Waals surface area contributed by atoms with Crippen LogP contribution in [0.15, 0.2) is 42.5 Å². The fraction of sp³-hybridized carbons (Fsp3) is 0.200. The lowest BCUT2D eigenvalue weighted by Crippen LogP contribution is -2.05. The number of halogens is 1. The standard InChI is InChI=1S/C15H15IO3/c1-18-12-7-4-8-13(19-2)14(12)15(17)10-5-3-6-11(16)9-10/h3-9,15,17H,1-2H3. The molecule has 0 aliphatic carbocycles. The van der Waals surface area contributed by atoms with E-state index in [0.717, 1.165) is 9.13 Å². The summed E-state index contributed by atoms with van der Waals surface area (Å²) in [6.07, 6.45) is -0.777. The average molecular weight is 370 g/mol. The van der Waals surface area contributed by atoms with Crippen LogP contribution in [0.5, 0.6) is 11.5 Å². The number of hydrogen-bond acceptors (Lipinski definition) is 3. The number of hydrogen-bond donors (Lipinski definition) is 1. The van der Waals surface area contributed by atoms with Crippen molar-refractivity contribution in [1.29, 1.82) is 0 Å². The first-order valence-electron chi connectivity index (χ1n) is 5.81. The van der Waals surface area contributed by atoms with Gasteiger partial charge in [0.2, 0.25) is 0 Å². The highest BCUT2D eigenvalue weighted by Gasteiger charge is 2.20. The lowest BCUT2D eigenvalue weighted by Gasteiger charge is -2.18. The highest BCUT2D eigenvalue weighted by atomic mass is 127. The van der Waals surface area contributed by atoms with E-state index in [4.69, 9.17) is 9.47 Å². The van der Waals surface area contributed by atoms with Crippen molar-refractivity contribution >= 4 is 22.6 Å². The number of benzene rings is 2. The lowest BCUT2D eigenvalue weighted by atomic mass is 10.00. The third kappa shape index (κ3) is 3.01. The quantitative estimate of drug-likeness (QED) is 0.839. The van der Waals surface area contributed by atoms with Crippen molar-refractivity contribution in [3.63, 3.8) is 0 Å². The van der Waals surface area contributed by atoms with E-state index >= 15 is 0 Å². The Morgan fingerprint density at radius 3 is 2.11 bits per heavy atom. The van der Waals surface area contributed by atoms with Gasteiger partial charge in [-0.15, -0.1) is 0 Å². The summed E-state index contributed by atoms with van der Waals surface area (Å²) in [7, 11) is 3.17. The van der Waals surface area contributed by atoms with E-state index < -0.39 is 6.10 Å². The van der Waals surface area contributed by atoms with Gasteiger partial charge < -0.3 is 14.6 Å². The number of aliphatic hydroxyl groups is 1. The monoisotopic (exact) mass is 370 g/mol. The largest absolute Gasteiger partial charge is 0.496 e. The van der Waals surface area contributed by atoms with Gasteiger partial charge in [-0.1, -0.05) is 18.2 Å². The minimum absolute atomic E-state index is 0.616. The molecule has 1 unspecified atom stereocenters. The molecule has 0 saturated heterocycles. The second-order valence-electron chi connectivity index (χ2n) is 4.03. The predicted octanol–water partition coefficient (Wildman–Crippen LogP) is 3.39. The number of ether oxygens (including phenoxy) is 2. The summed E-state index contributed by atoms with van der Waals surface area (Å²) >= 11 is 2.22. The van der Waals surface area contributed by atoms with E-state index in [2.05, 4.69) is 22.6 Å². The molecule has 100 valence electrons. The molecule has 0 radical (unpaired) electrons. The fourth-order valence-electron chi connectivity index (χ4n) is 1.99. The Hall–Kier alpha value is -1.27. The molecule has 0 fully saturated rings. The molecule has 0 aliphatic rings. The van der Waals surface area contributed by atoms with E-state index in [-0.39, 0.29) is 0 Å². The van der Waals surface area contributed by atoms with Crippen LogP contribution in [-0.4, -0.2) is 19.3 Å². The highest BCUT2D eigenvalue weighted by Crippen LogP contribution is 2.37. The molecule has 2 aromatic rings. The van der Waals surface area contributed by atoms with Crippen LogP contribution in [0.2, 0.25) is 0 Å². The molecule has 0 aliphatic heterocycles. The Labute approximate surface area is 126 Å². The summed E-state index contributed by atoms with van der Waals surface area (Å²) < 4.78 is 11.7. The second kappa shape index (κ2) is 6.25. The van der Waals surface area contributed by atoms with Crippen LogP contribution in [0.25, 0.3) is 0 Å². The minimum Gasteiger partial charge on any atom is -0.496 e. The third-order valence-electron chi connectivity index (χ3n) is 2.90. The Bertz CT molecular complexity index is 547. The van der Waals surface area contributed by atoms with Gasteiger partial charge in [0.05, 0.1) is 19.8 Å². The van der Waals surface area contributed by atoms with Gasteiger partial charge in [-0.2, -0.15) is 0 Å². The Morgan fingerprint density at radius 2 is 1.58 bits per heavy atom. The van der Waals surface area contributed by atoms with Crippen LogP contribution in [0, 0.1) is 3.57 Å². The van der Waals surface area contributed by atoms with E-state index in [1.807, 2.05) is 42.5 Å². The SMILES string of the molecule is COc1cccc(OC)c1C(O)c1cccc(I)c1. The Balaban J connectivity index is 2.51. The minimum atomic E-state index is -0.777. The summed E-state index contributed by atoms with van der Waals surface area (Å²) in [6.45, 7) is 0. The van der Waals surface area contributed by atoms with Gasteiger partial charge in [0, 0.05) is 3.57 Å². The zero-order valence-corrected chi connectivity index (χ0v) is 12.9. The van der Waals surface area contributed by atoms with Crippen molar-refractivity contribution in [2.24, 2.45) is 0 Å². The average Bonchev–Trinajstić information content (AvgIpc) is 2.45. The fourth-order valence-corrected chi connectivity index (χ4v) is 2.56. The summed E-state index contributed by atoms with van der Waals surface area (Å²) in [5.41, 5.74) is 1.46. The van der Waals surface area contributed by atoms with Crippen LogP contribution in [0.3, 0.4) is 0 Å². The van der Waals surface area contributed by atoms with Gasteiger partial charge in [0.25, 0.3) is 0 Å². The van der Waals surface area contributed by atoms with Crippen molar-refractivity contribution in [2.75, 3.05) is 14.2 Å². The van der Waals surface area contributed by atoms with Crippen molar-refractivity contribution in [1.82, 2.24) is 0 Å². The zero-order chi connectivity index (χ0) is 13.8. The molecule has 2 rings (SSSR count). The van der Waals surface area contributed by atoms with Crippen LogP contribution in [-0.2, 0) is 0 Å². The molecular weight excluding hydrogens is 355 g/mol. The van der Waals surface area contributed by atoms with Crippen LogP contribution in [0.1, 0.15) is 17.2 Å². The summed E-state index contributed by atoms with van der Waals surface area (Å²) in [4.78, 5) is 0. The summed E-state index contributed by atoms with van der Waals surface area (Å²) in [5, 5.41) is 10.6. The van der Waals surface area contributed by atoms with Gasteiger partial charge in [0.15, 0.2) is 0 Å². The number of rotatable bonds is 4. The lowest BCUT2D eigenvalue weighted by molar-refractivity contribution is 0.208. The molecule has 1 N–H and O–H groups in total.